The summed E-state index contributed by atoms with van der Waals surface area (Å²) < 4.78 is 5.28. The molecule has 1 aromatic carbocycles. The first-order valence-electron chi connectivity index (χ1n) is 9.67. The summed E-state index contributed by atoms with van der Waals surface area (Å²) in [6.07, 6.45) is 6.01. The summed E-state index contributed by atoms with van der Waals surface area (Å²) in [7, 11) is 3.63. The molecule has 1 aliphatic carbocycles. The minimum atomic E-state index is 0. The number of aromatic nitrogens is 1. The Morgan fingerprint density at radius 1 is 1.26 bits per heavy atom. The number of para-hydroxylation sites is 1. The topological polar surface area (TPSA) is 61.4 Å². The van der Waals surface area contributed by atoms with E-state index < -0.39 is 0 Å². The maximum Gasteiger partial charge on any atom is 0.191 e. The van der Waals surface area contributed by atoms with Gasteiger partial charge in [-0.15, -0.1) is 24.0 Å². The van der Waals surface area contributed by atoms with Gasteiger partial charge >= 0.3 is 0 Å². The average molecular weight is 484 g/mol. The van der Waals surface area contributed by atoms with Crippen LogP contribution in [0.25, 0.3) is 10.9 Å². The summed E-state index contributed by atoms with van der Waals surface area (Å²) in [5.41, 5.74) is 4.25. The number of aliphatic imine (C=N–C) groups is 1. The van der Waals surface area contributed by atoms with Crippen LogP contribution in [0.15, 0.2) is 29.3 Å². The fourth-order valence-electron chi connectivity index (χ4n) is 3.97. The van der Waals surface area contributed by atoms with Crippen molar-refractivity contribution < 1.29 is 4.74 Å². The van der Waals surface area contributed by atoms with E-state index in [2.05, 4.69) is 51.8 Å². The SMILES string of the molecule is CN=C(NCCc1c(C)[nH]c2ccccc12)NCC1(CCOC)CCC1.I. The lowest BCUT2D eigenvalue weighted by Crippen LogP contribution is -2.47. The van der Waals surface area contributed by atoms with Crippen LogP contribution in [-0.2, 0) is 11.2 Å². The first-order chi connectivity index (χ1) is 12.7. The van der Waals surface area contributed by atoms with Gasteiger partial charge in [0.1, 0.15) is 0 Å². The molecule has 1 heterocycles. The maximum atomic E-state index is 5.28. The quantitative estimate of drug-likeness (QED) is 0.302. The van der Waals surface area contributed by atoms with Gasteiger partial charge in [0.05, 0.1) is 0 Å². The Morgan fingerprint density at radius 3 is 2.70 bits per heavy atom. The zero-order valence-electron chi connectivity index (χ0n) is 16.7. The van der Waals surface area contributed by atoms with Crippen molar-refractivity contribution in [2.24, 2.45) is 10.4 Å². The number of benzene rings is 1. The van der Waals surface area contributed by atoms with E-state index in [1.807, 2.05) is 7.05 Å². The van der Waals surface area contributed by atoms with Gasteiger partial charge in [-0.25, -0.2) is 0 Å². The Morgan fingerprint density at radius 2 is 2.04 bits per heavy atom. The highest BCUT2D eigenvalue weighted by Gasteiger charge is 2.36. The molecule has 1 aliphatic rings. The Labute approximate surface area is 179 Å². The summed E-state index contributed by atoms with van der Waals surface area (Å²) in [6, 6.07) is 8.51. The maximum absolute atomic E-state index is 5.28. The van der Waals surface area contributed by atoms with Crippen LogP contribution >= 0.6 is 24.0 Å². The molecule has 5 nitrogen and oxygen atoms in total. The van der Waals surface area contributed by atoms with E-state index in [1.165, 1.54) is 41.4 Å². The van der Waals surface area contributed by atoms with E-state index in [0.29, 0.717) is 5.41 Å². The largest absolute Gasteiger partial charge is 0.385 e. The Balaban J connectivity index is 0.00000261. The van der Waals surface area contributed by atoms with Gasteiger partial charge in [-0.1, -0.05) is 24.6 Å². The summed E-state index contributed by atoms with van der Waals surface area (Å²) in [6.45, 7) is 4.84. The lowest BCUT2D eigenvalue weighted by molar-refractivity contribution is 0.0732. The molecule has 2 aromatic rings. The first kappa shape index (κ1) is 22.0. The van der Waals surface area contributed by atoms with Crippen molar-refractivity contribution in [1.29, 1.82) is 0 Å². The molecule has 0 aliphatic heterocycles. The zero-order chi connectivity index (χ0) is 18.4. The molecule has 0 amide bonds. The molecule has 0 spiro atoms. The number of fused-ring (bicyclic) bond motifs is 1. The predicted octanol–water partition coefficient (Wildman–Crippen LogP) is 4.01. The molecule has 6 heteroatoms. The van der Waals surface area contributed by atoms with Crippen LogP contribution in [0.1, 0.15) is 36.9 Å². The fourth-order valence-corrected chi connectivity index (χ4v) is 3.97. The molecular formula is C21H33IN4O. The average Bonchev–Trinajstić information content (AvgIpc) is 2.94. The molecule has 3 rings (SSSR count). The van der Waals surface area contributed by atoms with Gasteiger partial charge in [-0.05, 0) is 49.7 Å². The molecule has 0 unspecified atom stereocenters. The highest BCUT2D eigenvalue weighted by molar-refractivity contribution is 14.0. The number of H-pyrrole nitrogens is 1. The number of nitrogens with zero attached hydrogens (tertiary/aromatic N) is 1. The minimum absolute atomic E-state index is 0. The van der Waals surface area contributed by atoms with E-state index in [4.69, 9.17) is 4.74 Å². The van der Waals surface area contributed by atoms with Crippen molar-refractivity contribution in [3.8, 4) is 0 Å². The number of aryl methyl sites for hydroxylation is 1. The van der Waals surface area contributed by atoms with Crippen LogP contribution in [0.3, 0.4) is 0 Å². The number of hydrogen-bond acceptors (Lipinski definition) is 2. The zero-order valence-corrected chi connectivity index (χ0v) is 19.1. The third kappa shape index (κ3) is 5.38. The van der Waals surface area contributed by atoms with E-state index in [1.54, 1.807) is 7.11 Å². The smallest absolute Gasteiger partial charge is 0.191 e. The van der Waals surface area contributed by atoms with Gasteiger partial charge in [-0.2, -0.15) is 0 Å². The van der Waals surface area contributed by atoms with Crippen molar-refractivity contribution >= 4 is 40.8 Å². The molecule has 0 radical (unpaired) electrons. The molecule has 1 saturated carbocycles. The summed E-state index contributed by atoms with van der Waals surface area (Å²) in [5.74, 6) is 0.895. The summed E-state index contributed by atoms with van der Waals surface area (Å²) >= 11 is 0. The number of guanidine groups is 1. The van der Waals surface area contributed by atoms with Gasteiger partial charge in [0.25, 0.3) is 0 Å². The molecule has 1 fully saturated rings. The molecular weight excluding hydrogens is 451 g/mol. The van der Waals surface area contributed by atoms with Crippen molar-refractivity contribution in [2.75, 3.05) is 33.9 Å². The van der Waals surface area contributed by atoms with Gasteiger partial charge in [0.2, 0.25) is 0 Å². The highest BCUT2D eigenvalue weighted by atomic mass is 127. The first-order valence-corrected chi connectivity index (χ1v) is 9.67. The number of halogens is 1. The van der Waals surface area contributed by atoms with Gasteiger partial charge < -0.3 is 20.4 Å². The van der Waals surface area contributed by atoms with Gasteiger partial charge in [-0.3, -0.25) is 4.99 Å². The summed E-state index contributed by atoms with van der Waals surface area (Å²) in [5, 5.41) is 8.32. The van der Waals surface area contributed by atoms with Crippen molar-refractivity contribution in [1.82, 2.24) is 15.6 Å². The molecule has 0 bridgehead atoms. The van der Waals surface area contributed by atoms with Crippen LogP contribution in [-0.4, -0.2) is 44.8 Å². The molecule has 150 valence electrons. The minimum Gasteiger partial charge on any atom is -0.385 e. The molecule has 0 atom stereocenters. The van der Waals surface area contributed by atoms with Crippen LogP contribution in [0.4, 0.5) is 0 Å². The normalized spacial score (nSPS) is 15.9. The lowest BCUT2D eigenvalue weighted by atomic mass is 9.67. The van der Waals surface area contributed by atoms with Crippen LogP contribution in [0.5, 0.6) is 0 Å². The number of hydrogen-bond donors (Lipinski definition) is 3. The van der Waals surface area contributed by atoms with E-state index in [-0.39, 0.29) is 24.0 Å². The number of methoxy groups -OCH3 is 1. The second-order valence-electron chi connectivity index (χ2n) is 7.47. The summed E-state index contributed by atoms with van der Waals surface area (Å²) in [4.78, 5) is 7.86. The third-order valence-corrected chi connectivity index (χ3v) is 5.80. The van der Waals surface area contributed by atoms with E-state index in [0.717, 1.165) is 38.5 Å². The van der Waals surface area contributed by atoms with Crippen molar-refractivity contribution in [2.45, 2.75) is 39.0 Å². The number of aromatic amines is 1. The van der Waals surface area contributed by atoms with Crippen LogP contribution < -0.4 is 10.6 Å². The van der Waals surface area contributed by atoms with Gasteiger partial charge in [0, 0.05) is 50.5 Å². The van der Waals surface area contributed by atoms with Crippen molar-refractivity contribution in [3.63, 3.8) is 0 Å². The second-order valence-corrected chi connectivity index (χ2v) is 7.47. The number of rotatable bonds is 8. The monoisotopic (exact) mass is 484 g/mol. The Kier molecular flexibility index (Phi) is 8.41. The molecule has 1 aromatic heterocycles. The van der Waals surface area contributed by atoms with Crippen LogP contribution in [0.2, 0.25) is 0 Å². The van der Waals surface area contributed by atoms with Crippen molar-refractivity contribution in [3.05, 3.63) is 35.5 Å². The molecule has 27 heavy (non-hydrogen) atoms. The number of ether oxygens (including phenoxy) is 1. The van der Waals surface area contributed by atoms with E-state index in [9.17, 15) is 0 Å². The fraction of sp³-hybridized carbons (Fsp3) is 0.571. The molecule has 3 N–H and O–H groups in total. The molecule has 0 saturated heterocycles. The lowest BCUT2D eigenvalue weighted by Gasteiger charge is -2.42. The Hall–Kier alpha value is -1.28. The predicted molar refractivity (Wildman–Crippen MR) is 124 cm³/mol. The third-order valence-electron chi connectivity index (χ3n) is 5.80. The standard InChI is InChI=1S/C21H32N4O.HI/c1-16-17(18-7-4-5-8-19(18)25-16)9-13-23-20(22-2)24-15-21(10-6-11-21)12-14-26-3;/h4-5,7-8,25H,6,9-15H2,1-3H3,(H2,22,23,24);1H. The van der Waals surface area contributed by atoms with Gasteiger partial charge in [0.15, 0.2) is 5.96 Å². The van der Waals surface area contributed by atoms with Crippen LogP contribution in [0, 0.1) is 12.3 Å². The highest BCUT2D eigenvalue weighted by Crippen LogP contribution is 2.43. The second kappa shape index (κ2) is 10.3. The Bertz CT molecular complexity index is 752. The number of nitrogens with one attached hydrogen (secondary N) is 3. The van der Waals surface area contributed by atoms with E-state index >= 15 is 0 Å².